The Morgan fingerprint density at radius 2 is 1.89 bits per heavy atom. The molecular formula is C18H18BrNO5S2. The van der Waals surface area contributed by atoms with Gasteiger partial charge in [-0.2, -0.15) is 4.31 Å². The quantitative estimate of drug-likeness (QED) is 0.475. The number of hydrogen-bond donors (Lipinski definition) is 0. The van der Waals surface area contributed by atoms with Gasteiger partial charge >= 0.3 is 5.97 Å². The number of thiophene rings is 1. The van der Waals surface area contributed by atoms with Crippen molar-refractivity contribution in [2.45, 2.75) is 30.2 Å². The molecule has 0 amide bonds. The van der Waals surface area contributed by atoms with Crippen LogP contribution in [0.3, 0.4) is 0 Å². The fourth-order valence-corrected chi connectivity index (χ4v) is 5.90. The molecule has 1 aliphatic heterocycles. The average Bonchev–Trinajstić information content (AvgIpc) is 3.13. The first-order valence-electron chi connectivity index (χ1n) is 8.41. The lowest BCUT2D eigenvalue weighted by Gasteiger charge is -2.32. The molecule has 1 atom stereocenters. The van der Waals surface area contributed by atoms with Gasteiger partial charge in [0, 0.05) is 6.54 Å². The van der Waals surface area contributed by atoms with E-state index in [0.717, 1.165) is 10.2 Å². The third kappa shape index (κ3) is 4.66. The van der Waals surface area contributed by atoms with Gasteiger partial charge in [-0.05, 0) is 59.5 Å². The molecule has 0 aliphatic carbocycles. The minimum Gasteiger partial charge on any atom is -0.456 e. The van der Waals surface area contributed by atoms with E-state index in [0.29, 0.717) is 17.7 Å². The number of Topliss-reactive ketones (excluding diaryl/α,β-unsaturated/α-hetero) is 1. The maximum absolute atomic E-state index is 12.9. The zero-order valence-corrected chi connectivity index (χ0v) is 17.6. The van der Waals surface area contributed by atoms with Crippen LogP contribution in [0, 0.1) is 0 Å². The number of hydrogen-bond acceptors (Lipinski definition) is 6. The molecule has 1 fully saturated rings. The summed E-state index contributed by atoms with van der Waals surface area (Å²) in [4.78, 5) is 25.3. The number of ketones is 1. The second-order valence-electron chi connectivity index (χ2n) is 6.08. The molecule has 0 spiro atoms. The van der Waals surface area contributed by atoms with Gasteiger partial charge in [-0.1, -0.05) is 18.2 Å². The van der Waals surface area contributed by atoms with Crippen LogP contribution in [0.15, 0.2) is 51.1 Å². The van der Waals surface area contributed by atoms with E-state index in [1.54, 1.807) is 30.3 Å². The zero-order valence-electron chi connectivity index (χ0n) is 14.3. The van der Waals surface area contributed by atoms with Gasteiger partial charge in [0.25, 0.3) is 0 Å². The first-order chi connectivity index (χ1) is 12.9. The molecule has 27 heavy (non-hydrogen) atoms. The van der Waals surface area contributed by atoms with E-state index in [9.17, 15) is 18.0 Å². The molecule has 0 radical (unpaired) electrons. The second-order valence-corrected chi connectivity index (χ2v) is 10.4. The summed E-state index contributed by atoms with van der Waals surface area (Å²) in [6.45, 7) is -0.148. The fourth-order valence-electron chi connectivity index (χ4n) is 2.92. The van der Waals surface area contributed by atoms with E-state index >= 15 is 0 Å². The Hall–Kier alpha value is -1.55. The summed E-state index contributed by atoms with van der Waals surface area (Å²) < 4.78 is 33.0. The lowest BCUT2D eigenvalue weighted by atomic mass is 10.1. The molecule has 9 heteroatoms. The summed E-state index contributed by atoms with van der Waals surface area (Å²) in [5.41, 5.74) is 0. The highest BCUT2D eigenvalue weighted by atomic mass is 79.9. The predicted molar refractivity (Wildman–Crippen MR) is 105 cm³/mol. The maximum atomic E-state index is 12.9. The Morgan fingerprint density at radius 1 is 1.15 bits per heavy atom. The van der Waals surface area contributed by atoms with Crippen molar-refractivity contribution in [2.75, 3.05) is 13.2 Å². The fraction of sp³-hybridized carbons (Fsp3) is 0.333. The molecule has 1 unspecified atom stereocenters. The standard InChI is InChI=1S/C18H18BrNO5S2/c19-17-10-9-16(26-17)15(21)12-25-18(22)14-8-4-5-11-20(14)27(23,24)13-6-2-1-3-7-13/h1-3,6-7,9-10,14H,4-5,8,11-12H2. The number of ether oxygens (including phenoxy) is 1. The van der Waals surface area contributed by atoms with Gasteiger partial charge in [-0.25, -0.2) is 8.42 Å². The number of esters is 1. The van der Waals surface area contributed by atoms with Crippen LogP contribution in [-0.4, -0.2) is 43.7 Å². The molecule has 0 bridgehead atoms. The number of carbonyl (C=O) groups excluding carboxylic acids is 2. The first kappa shape index (κ1) is 20.2. The number of piperidine rings is 1. The number of benzene rings is 1. The van der Waals surface area contributed by atoms with Crippen LogP contribution in [0.1, 0.15) is 28.9 Å². The highest BCUT2D eigenvalue weighted by molar-refractivity contribution is 9.11. The molecule has 1 aliphatic rings. The van der Waals surface area contributed by atoms with Gasteiger partial charge in [0.15, 0.2) is 6.61 Å². The summed E-state index contributed by atoms with van der Waals surface area (Å²) in [5, 5.41) is 0. The Bertz CT molecular complexity index is 926. The van der Waals surface area contributed by atoms with Crippen molar-refractivity contribution < 1.29 is 22.7 Å². The van der Waals surface area contributed by atoms with Crippen LogP contribution in [0.25, 0.3) is 0 Å². The van der Waals surface area contributed by atoms with E-state index in [2.05, 4.69) is 15.9 Å². The summed E-state index contributed by atoms with van der Waals surface area (Å²) in [7, 11) is -3.80. The number of sulfonamides is 1. The number of rotatable bonds is 6. The van der Waals surface area contributed by atoms with Crippen molar-refractivity contribution in [2.24, 2.45) is 0 Å². The van der Waals surface area contributed by atoms with E-state index in [4.69, 9.17) is 4.74 Å². The van der Waals surface area contributed by atoms with Crippen molar-refractivity contribution >= 4 is 49.0 Å². The minimum absolute atomic E-state index is 0.143. The van der Waals surface area contributed by atoms with Gasteiger partial charge < -0.3 is 4.74 Å². The van der Waals surface area contributed by atoms with E-state index < -0.39 is 28.6 Å². The highest BCUT2D eigenvalue weighted by Crippen LogP contribution is 2.26. The van der Waals surface area contributed by atoms with Gasteiger partial charge in [-0.3, -0.25) is 9.59 Å². The van der Waals surface area contributed by atoms with Crippen LogP contribution in [0.4, 0.5) is 0 Å². The Labute approximate surface area is 170 Å². The summed E-state index contributed by atoms with van der Waals surface area (Å²) in [6, 6.07) is 10.5. The van der Waals surface area contributed by atoms with Crippen LogP contribution in [-0.2, 0) is 19.6 Å². The molecule has 6 nitrogen and oxygen atoms in total. The van der Waals surface area contributed by atoms with Crippen LogP contribution < -0.4 is 0 Å². The summed E-state index contributed by atoms with van der Waals surface area (Å²) in [6.07, 6.45) is 1.79. The van der Waals surface area contributed by atoms with E-state index in [-0.39, 0.29) is 17.2 Å². The Balaban J connectivity index is 1.71. The Morgan fingerprint density at radius 3 is 2.56 bits per heavy atom. The first-order valence-corrected chi connectivity index (χ1v) is 11.5. The van der Waals surface area contributed by atoms with Gasteiger partial charge in [0.1, 0.15) is 6.04 Å². The normalized spacial score (nSPS) is 18.2. The van der Waals surface area contributed by atoms with Crippen LogP contribution >= 0.6 is 27.3 Å². The van der Waals surface area contributed by atoms with Gasteiger partial charge in [0.05, 0.1) is 13.6 Å². The van der Waals surface area contributed by atoms with Crippen molar-refractivity contribution in [3.05, 3.63) is 51.1 Å². The molecule has 1 aromatic heterocycles. The largest absolute Gasteiger partial charge is 0.456 e. The maximum Gasteiger partial charge on any atom is 0.324 e. The second kappa shape index (κ2) is 8.64. The van der Waals surface area contributed by atoms with E-state index in [1.807, 2.05) is 0 Å². The van der Waals surface area contributed by atoms with E-state index in [1.165, 1.54) is 27.8 Å². The molecule has 1 saturated heterocycles. The topological polar surface area (TPSA) is 80.8 Å². The van der Waals surface area contributed by atoms with Crippen molar-refractivity contribution in [1.82, 2.24) is 4.31 Å². The average molecular weight is 472 g/mol. The molecular weight excluding hydrogens is 454 g/mol. The Kier molecular flexibility index (Phi) is 6.46. The summed E-state index contributed by atoms with van der Waals surface area (Å²) in [5.74, 6) is -0.995. The van der Waals surface area contributed by atoms with Crippen LogP contribution in [0.2, 0.25) is 0 Å². The molecule has 3 rings (SSSR count). The predicted octanol–water partition coefficient (Wildman–Crippen LogP) is 3.48. The third-order valence-electron chi connectivity index (χ3n) is 4.27. The summed E-state index contributed by atoms with van der Waals surface area (Å²) >= 11 is 4.53. The van der Waals surface area contributed by atoms with Crippen molar-refractivity contribution in [3.8, 4) is 0 Å². The third-order valence-corrected chi connectivity index (χ3v) is 7.86. The molecule has 0 N–H and O–H groups in total. The van der Waals surface area contributed by atoms with Crippen molar-refractivity contribution in [3.63, 3.8) is 0 Å². The molecule has 1 aromatic carbocycles. The minimum atomic E-state index is -3.80. The van der Waals surface area contributed by atoms with Crippen LogP contribution in [0.5, 0.6) is 0 Å². The SMILES string of the molecule is O=C(COC(=O)C1CCCCN1S(=O)(=O)c1ccccc1)c1ccc(Br)s1. The molecule has 144 valence electrons. The molecule has 2 heterocycles. The highest BCUT2D eigenvalue weighted by Gasteiger charge is 2.38. The lowest BCUT2D eigenvalue weighted by Crippen LogP contribution is -2.48. The zero-order chi connectivity index (χ0) is 19.4. The number of carbonyl (C=O) groups is 2. The van der Waals surface area contributed by atoms with Crippen molar-refractivity contribution in [1.29, 1.82) is 0 Å². The van der Waals surface area contributed by atoms with Gasteiger partial charge in [0.2, 0.25) is 15.8 Å². The molecule has 2 aromatic rings. The monoisotopic (exact) mass is 471 g/mol. The lowest BCUT2D eigenvalue weighted by molar-refractivity contribution is -0.148. The van der Waals surface area contributed by atoms with Gasteiger partial charge in [-0.15, -0.1) is 11.3 Å². The smallest absolute Gasteiger partial charge is 0.324 e. The molecule has 0 saturated carbocycles. The number of halogens is 1. The number of nitrogens with zero attached hydrogens (tertiary/aromatic N) is 1.